The van der Waals surface area contributed by atoms with Crippen molar-refractivity contribution in [1.29, 1.82) is 0 Å². The standard InChI is InChI=1S/C10H9N3O2S/c14-10(12-9-13-11-7-16-9)15-6-8-4-2-1-3-5-8/h1-5,7H,6H2,(H,12,13,14). The summed E-state index contributed by atoms with van der Waals surface area (Å²) in [6.07, 6.45) is -0.527. The van der Waals surface area contributed by atoms with Crippen LogP contribution in [0.3, 0.4) is 0 Å². The minimum Gasteiger partial charge on any atom is -0.444 e. The lowest BCUT2D eigenvalue weighted by Gasteiger charge is -2.03. The number of anilines is 1. The molecular weight excluding hydrogens is 226 g/mol. The third kappa shape index (κ3) is 3.03. The summed E-state index contributed by atoms with van der Waals surface area (Å²) in [4.78, 5) is 11.3. The molecule has 2 aromatic rings. The Kier molecular flexibility index (Phi) is 3.45. The van der Waals surface area contributed by atoms with Gasteiger partial charge >= 0.3 is 6.09 Å². The first-order valence-corrected chi connectivity index (χ1v) is 5.46. The lowest BCUT2D eigenvalue weighted by atomic mass is 10.2. The van der Waals surface area contributed by atoms with Gasteiger partial charge in [-0.2, -0.15) is 0 Å². The van der Waals surface area contributed by atoms with E-state index in [1.807, 2.05) is 30.3 Å². The molecule has 5 nitrogen and oxygen atoms in total. The highest BCUT2D eigenvalue weighted by Crippen LogP contribution is 2.08. The first-order chi connectivity index (χ1) is 7.84. The molecule has 82 valence electrons. The summed E-state index contributed by atoms with van der Waals surface area (Å²) in [6, 6.07) is 9.46. The van der Waals surface area contributed by atoms with Gasteiger partial charge in [-0.25, -0.2) is 4.79 Å². The number of rotatable bonds is 3. The summed E-state index contributed by atoms with van der Waals surface area (Å²) >= 11 is 1.24. The van der Waals surface area contributed by atoms with Crippen LogP contribution in [0, 0.1) is 0 Å². The zero-order valence-corrected chi connectivity index (χ0v) is 9.11. The van der Waals surface area contributed by atoms with Gasteiger partial charge in [0, 0.05) is 0 Å². The molecule has 1 heterocycles. The molecule has 0 aliphatic rings. The van der Waals surface area contributed by atoms with Gasteiger partial charge < -0.3 is 4.74 Å². The predicted molar refractivity (Wildman–Crippen MR) is 60.2 cm³/mol. The van der Waals surface area contributed by atoms with Crippen LogP contribution in [0.1, 0.15) is 5.56 Å². The van der Waals surface area contributed by atoms with Crippen LogP contribution in [0.2, 0.25) is 0 Å². The van der Waals surface area contributed by atoms with E-state index in [-0.39, 0.29) is 6.61 Å². The summed E-state index contributed by atoms with van der Waals surface area (Å²) in [5.74, 6) is 0. The Bertz CT molecular complexity index is 444. The lowest BCUT2D eigenvalue weighted by molar-refractivity contribution is 0.155. The van der Waals surface area contributed by atoms with Crippen LogP contribution in [0.15, 0.2) is 35.8 Å². The SMILES string of the molecule is O=C(Nc1nncs1)OCc1ccccc1. The van der Waals surface area contributed by atoms with Gasteiger partial charge in [-0.15, -0.1) is 10.2 Å². The van der Waals surface area contributed by atoms with Crippen molar-refractivity contribution in [3.8, 4) is 0 Å². The summed E-state index contributed by atoms with van der Waals surface area (Å²) in [5, 5.41) is 10.2. The number of nitrogens with zero attached hydrogens (tertiary/aromatic N) is 2. The summed E-state index contributed by atoms with van der Waals surface area (Å²) in [7, 11) is 0. The highest BCUT2D eigenvalue weighted by atomic mass is 32.1. The van der Waals surface area contributed by atoms with Crippen molar-refractivity contribution < 1.29 is 9.53 Å². The monoisotopic (exact) mass is 235 g/mol. The van der Waals surface area contributed by atoms with Crippen LogP contribution < -0.4 is 5.32 Å². The van der Waals surface area contributed by atoms with E-state index in [0.29, 0.717) is 5.13 Å². The van der Waals surface area contributed by atoms with Gasteiger partial charge in [0.05, 0.1) is 0 Å². The molecule has 1 N–H and O–H groups in total. The molecule has 0 radical (unpaired) electrons. The van der Waals surface area contributed by atoms with Gasteiger partial charge in [-0.1, -0.05) is 41.7 Å². The second kappa shape index (κ2) is 5.22. The highest BCUT2D eigenvalue weighted by molar-refractivity contribution is 7.13. The lowest BCUT2D eigenvalue weighted by Crippen LogP contribution is -2.13. The van der Waals surface area contributed by atoms with Crippen LogP contribution in [0.5, 0.6) is 0 Å². The summed E-state index contributed by atoms with van der Waals surface area (Å²) in [6.45, 7) is 0.242. The molecule has 1 amide bonds. The van der Waals surface area contributed by atoms with E-state index in [4.69, 9.17) is 4.74 Å². The van der Waals surface area contributed by atoms with Crippen LogP contribution in [0.25, 0.3) is 0 Å². The molecule has 0 spiro atoms. The molecule has 0 bridgehead atoms. The molecule has 1 aromatic heterocycles. The Morgan fingerprint density at radius 3 is 2.88 bits per heavy atom. The largest absolute Gasteiger partial charge is 0.444 e. The second-order valence-electron chi connectivity index (χ2n) is 2.93. The van der Waals surface area contributed by atoms with Gasteiger partial charge in [0.25, 0.3) is 0 Å². The van der Waals surface area contributed by atoms with Crippen LogP contribution in [0.4, 0.5) is 9.93 Å². The van der Waals surface area contributed by atoms with E-state index in [1.54, 1.807) is 0 Å². The van der Waals surface area contributed by atoms with Crippen molar-refractivity contribution in [2.45, 2.75) is 6.61 Å². The normalized spacial score (nSPS) is 9.75. The molecule has 1 aromatic carbocycles. The van der Waals surface area contributed by atoms with Gasteiger partial charge in [0.15, 0.2) is 0 Å². The Hall–Kier alpha value is -1.95. The van der Waals surface area contributed by atoms with Gasteiger partial charge in [0.2, 0.25) is 5.13 Å². The van der Waals surface area contributed by atoms with Crippen LogP contribution >= 0.6 is 11.3 Å². The number of carbonyl (C=O) groups is 1. The summed E-state index contributed by atoms with van der Waals surface area (Å²) in [5.41, 5.74) is 2.47. The molecule has 0 saturated carbocycles. The maximum absolute atomic E-state index is 11.3. The minimum absolute atomic E-state index is 0.242. The predicted octanol–water partition coefficient (Wildman–Crippen LogP) is 2.29. The first kappa shape index (κ1) is 10.6. The molecular formula is C10H9N3O2S. The van der Waals surface area contributed by atoms with Crippen molar-refractivity contribution >= 4 is 22.6 Å². The van der Waals surface area contributed by atoms with Crippen molar-refractivity contribution in [2.75, 3.05) is 5.32 Å². The Balaban J connectivity index is 1.80. The smallest absolute Gasteiger partial charge is 0.413 e. The highest BCUT2D eigenvalue weighted by Gasteiger charge is 2.05. The minimum atomic E-state index is -0.527. The number of ether oxygens (including phenoxy) is 1. The molecule has 0 fully saturated rings. The Labute approximate surface area is 96.1 Å². The van der Waals surface area contributed by atoms with E-state index in [9.17, 15) is 4.79 Å². The number of amides is 1. The maximum atomic E-state index is 11.3. The van der Waals surface area contributed by atoms with E-state index >= 15 is 0 Å². The third-order valence-corrected chi connectivity index (χ3v) is 2.39. The molecule has 0 aliphatic heterocycles. The van der Waals surface area contributed by atoms with Crippen molar-refractivity contribution in [1.82, 2.24) is 10.2 Å². The molecule has 16 heavy (non-hydrogen) atoms. The van der Waals surface area contributed by atoms with E-state index in [0.717, 1.165) is 5.56 Å². The number of aromatic nitrogens is 2. The van der Waals surface area contributed by atoms with Gasteiger partial charge in [-0.05, 0) is 5.56 Å². The molecule has 0 unspecified atom stereocenters. The molecule has 0 aliphatic carbocycles. The molecule has 0 atom stereocenters. The van der Waals surface area contributed by atoms with Gasteiger partial charge in [0.1, 0.15) is 12.1 Å². The number of benzene rings is 1. The Morgan fingerprint density at radius 2 is 2.19 bits per heavy atom. The van der Waals surface area contributed by atoms with E-state index in [1.165, 1.54) is 16.8 Å². The number of hydrogen-bond acceptors (Lipinski definition) is 5. The maximum Gasteiger partial charge on any atom is 0.413 e. The zero-order chi connectivity index (χ0) is 11.2. The van der Waals surface area contributed by atoms with Crippen molar-refractivity contribution in [3.63, 3.8) is 0 Å². The Morgan fingerprint density at radius 1 is 1.38 bits per heavy atom. The van der Waals surface area contributed by atoms with Crippen molar-refractivity contribution in [3.05, 3.63) is 41.4 Å². The quantitative estimate of drug-likeness (QED) is 0.886. The topological polar surface area (TPSA) is 64.1 Å². The number of nitrogens with one attached hydrogen (secondary N) is 1. The third-order valence-electron chi connectivity index (χ3n) is 1.78. The molecule has 2 rings (SSSR count). The first-order valence-electron chi connectivity index (χ1n) is 4.58. The number of hydrogen-bond donors (Lipinski definition) is 1. The fourth-order valence-corrected chi connectivity index (χ4v) is 1.50. The zero-order valence-electron chi connectivity index (χ0n) is 8.29. The van der Waals surface area contributed by atoms with Gasteiger partial charge in [-0.3, -0.25) is 5.32 Å². The summed E-state index contributed by atoms with van der Waals surface area (Å²) < 4.78 is 4.99. The fourth-order valence-electron chi connectivity index (χ4n) is 1.07. The second-order valence-corrected chi connectivity index (χ2v) is 3.76. The average Bonchev–Trinajstić information content (AvgIpc) is 2.81. The van der Waals surface area contributed by atoms with Crippen LogP contribution in [-0.4, -0.2) is 16.3 Å². The van der Waals surface area contributed by atoms with Crippen molar-refractivity contribution in [2.24, 2.45) is 0 Å². The van der Waals surface area contributed by atoms with E-state index in [2.05, 4.69) is 15.5 Å². The van der Waals surface area contributed by atoms with Crippen LogP contribution in [-0.2, 0) is 11.3 Å². The molecule has 6 heteroatoms. The number of carbonyl (C=O) groups excluding carboxylic acids is 1. The van der Waals surface area contributed by atoms with E-state index < -0.39 is 6.09 Å². The molecule has 0 saturated heterocycles. The fraction of sp³-hybridized carbons (Fsp3) is 0.100. The average molecular weight is 235 g/mol.